The molecular formula is C19H19ClN2O3. The molecule has 1 aliphatic carbocycles. The van der Waals surface area contributed by atoms with Crippen LogP contribution in [0.25, 0.3) is 10.9 Å². The number of halogens is 1. The number of hydrogen-bond acceptors (Lipinski definition) is 3. The molecule has 0 bridgehead atoms. The van der Waals surface area contributed by atoms with E-state index in [0.717, 1.165) is 29.4 Å². The molecule has 1 saturated carbocycles. The maximum absolute atomic E-state index is 13.1. The van der Waals surface area contributed by atoms with E-state index in [2.05, 4.69) is 0 Å². The average molecular weight is 359 g/mol. The lowest BCUT2D eigenvalue weighted by Gasteiger charge is -2.30. The van der Waals surface area contributed by atoms with E-state index in [1.165, 1.54) is 0 Å². The topological polar surface area (TPSA) is 70.5 Å². The highest BCUT2D eigenvalue weighted by Crippen LogP contribution is 2.40. The lowest BCUT2D eigenvalue weighted by molar-refractivity contribution is -0.143. The molecule has 1 aromatic heterocycles. The van der Waals surface area contributed by atoms with Crippen LogP contribution in [0.3, 0.4) is 0 Å². The van der Waals surface area contributed by atoms with Gasteiger partial charge >= 0.3 is 5.97 Å². The van der Waals surface area contributed by atoms with Crippen molar-refractivity contribution in [2.24, 2.45) is 5.92 Å². The van der Waals surface area contributed by atoms with Crippen LogP contribution in [-0.2, 0) is 4.79 Å². The zero-order chi connectivity index (χ0) is 17.6. The minimum absolute atomic E-state index is 0.0552. The van der Waals surface area contributed by atoms with Crippen molar-refractivity contribution >= 4 is 34.4 Å². The smallest absolute Gasteiger partial charge is 0.306 e. The van der Waals surface area contributed by atoms with Crippen LogP contribution in [0, 0.1) is 5.92 Å². The third-order valence-electron chi connectivity index (χ3n) is 5.15. The van der Waals surface area contributed by atoms with Gasteiger partial charge in [0, 0.05) is 35.1 Å². The van der Waals surface area contributed by atoms with Crippen molar-refractivity contribution in [1.29, 1.82) is 0 Å². The number of fused-ring (bicyclic) bond motifs is 1. The second-order valence-corrected chi connectivity index (χ2v) is 7.37. The van der Waals surface area contributed by atoms with Crippen molar-refractivity contribution in [3.63, 3.8) is 0 Å². The van der Waals surface area contributed by atoms with Crippen molar-refractivity contribution in [2.75, 3.05) is 13.1 Å². The lowest BCUT2D eigenvalue weighted by atomic mass is 9.96. The number of piperidine rings is 1. The maximum Gasteiger partial charge on any atom is 0.306 e. The Hall–Kier alpha value is -2.14. The van der Waals surface area contributed by atoms with E-state index in [0.29, 0.717) is 42.4 Å². The molecule has 130 valence electrons. The van der Waals surface area contributed by atoms with Crippen LogP contribution in [-0.4, -0.2) is 40.0 Å². The molecule has 2 fully saturated rings. The van der Waals surface area contributed by atoms with E-state index in [4.69, 9.17) is 21.7 Å². The monoisotopic (exact) mass is 358 g/mol. The fraction of sp³-hybridized carbons (Fsp3) is 0.421. The highest BCUT2D eigenvalue weighted by atomic mass is 35.5. The summed E-state index contributed by atoms with van der Waals surface area (Å²) in [6.45, 7) is 0.942. The number of amides is 1. The number of aromatic nitrogens is 1. The molecule has 2 aliphatic rings. The van der Waals surface area contributed by atoms with Gasteiger partial charge in [-0.25, -0.2) is 0 Å². The molecule has 0 atom stereocenters. The van der Waals surface area contributed by atoms with Gasteiger partial charge in [-0.05, 0) is 49.9 Å². The third-order valence-corrected chi connectivity index (χ3v) is 5.38. The molecular weight excluding hydrogens is 340 g/mol. The second-order valence-electron chi connectivity index (χ2n) is 6.94. The van der Waals surface area contributed by atoms with Crippen LogP contribution >= 0.6 is 11.6 Å². The zero-order valence-electron chi connectivity index (χ0n) is 13.7. The summed E-state index contributed by atoms with van der Waals surface area (Å²) in [4.78, 5) is 30.7. The molecule has 1 aliphatic heterocycles. The molecule has 0 unspecified atom stereocenters. The number of benzene rings is 1. The fourth-order valence-corrected chi connectivity index (χ4v) is 3.66. The molecule has 6 heteroatoms. The predicted molar refractivity (Wildman–Crippen MR) is 95.0 cm³/mol. The zero-order valence-corrected chi connectivity index (χ0v) is 14.5. The van der Waals surface area contributed by atoms with Gasteiger partial charge in [-0.15, -0.1) is 0 Å². The Labute approximate surface area is 150 Å². The molecule has 1 aromatic carbocycles. The molecule has 1 saturated heterocycles. The van der Waals surface area contributed by atoms with Crippen LogP contribution in [0.4, 0.5) is 0 Å². The van der Waals surface area contributed by atoms with Gasteiger partial charge in [0.15, 0.2) is 0 Å². The number of carboxylic acid groups (broad SMARTS) is 1. The molecule has 25 heavy (non-hydrogen) atoms. The van der Waals surface area contributed by atoms with Gasteiger partial charge in [-0.1, -0.05) is 11.6 Å². The van der Waals surface area contributed by atoms with Gasteiger partial charge in [0.25, 0.3) is 5.91 Å². The molecule has 1 N–H and O–H groups in total. The molecule has 4 rings (SSSR count). The number of aliphatic carboxylic acids is 1. The van der Waals surface area contributed by atoms with Crippen LogP contribution in [0.15, 0.2) is 24.3 Å². The predicted octanol–water partition coefficient (Wildman–Crippen LogP) is 3.70. The average Bonchev–Trinajstić information content (AvgIpc) is 3.45. The van der Waals surface area contributed by atoms with Gasteiger partial charge in [-0.3, -0.25) is 14.6 Å². The van der Waals surface area contributed by atoms with Crippen molar-refractivity contribution in [3.8, 4) is 0 Å². The third kappa shape index (κ3) is 3.21. The maximum atomic E-state index is 13.1. The first-order valence-corrected chi connectivity index (χ1v) is 9.03. The van der Waals surface area contributed by atoms with Crippen molar-refractivity contribution in [1.82, 2.24) is 9.88 Å². The van der Waals surface area contributed by atoms with E-state index in [9.17, 15) is 9.59 Å². The number of pyridine rings is 1. The van der Waals surface area contributed by atoms with E-state index in [1.54, 1.807) is 17.0 Å². The summed E-state index contributed by atoms with van der Waals surface area (Å²) in [5.41, 5.74) is 2.39. The Kier molecular flexibility index (Phi) is 4.12. The normalized spacial score (nSPS) is 18.5. The second kappa shape index (κ2) is 6.30. The SMILES string of the molecule is O=C(O)C1CCN(C(=O)c2cc(C3CC3)nc3ccc(Cl)cc23)CC1. The van der Waals surface area contributed by atoms with Gasteiger partial charge in [0.1, 0.15) is 0 Å². The van der Waals surface area contributed by atoms with Gasteiger partial charge in [-0.2, -0.15) is 0 Å². The summed E-state index contributed by atoms with van der Waals surface area (Å²) in [5, 5.41) is 10.5. The molecule has 0 spiro atoms. The first kappa shape index (κ1) is 16.3. The van der Waals surface area contributed by atoms with Crippen molar-refractivity contribution < 1.29 is 14.7 Å². The minimum Gasteiger partial charge on any atom is -0.481 e. The largest absolute Gasteiger partial charge is 0.481 e. The number of hydrogen-bond donors (Lipinski definition) is 1. The first-order chi connectivity index (χ1) is 12.0. The highest BCUT2D eigenvalue weighted by Gasteiger charge is 2.30. The molecule has 1 amide bonds. The summed E-state index contributed by atoms with van der Waals surface area (Å²) < 4.78 is 0. The summed E-state index contributed by atoms with van der Waals surface area (Å²) in [6.07, 6.45) is 3.23. The van der Waals surface area contributed by atoms with Crippen LogP contribution in [0.5, 0.6) is 0 Å². The quantitative estimate of drug-likeness (QED) is 0.908. The summed E-state index contributed by atoms with van der Waals surface area (Å²) in [6, 6.07) is 7.34. The number of likely N-dealkylation sites (tertiary alicyclic amines) is 1. The van der Waals surface area contributed by atoms with Gasteiger partial charge in [0.05, 0.1) is 17.0 Å². The van der Waals surface area contributed by atoms with E-state index >= 15 is 0 Å². The number of rotatable bonds is 3. The van der Waals surface area contributed by atoms with Crippen LogP contribution in [0.2, 0.25) is 5.02 Å². The fourth-order valence-electron chi connectivity index (χ4n) is 3.48. The molecule has 2 aromatic rings. The summed E-state index contributed by atoms with van der Waals surface area (Å²) in [7, 11) is 0. The molecule has 0 radical (unpaired) electrons. The highest BCUT2D eigenvalue weighted by molar-refractivity contribution is 6.31. The lowest BCUT2D eigenvalue weighted by Crippen LogP contribution is -2.40. The molecule has 5 nitrogen and oxygen atoms in total. The van der Waals surface area contributed by atoms with Gasteiger partial charge in [0.2, 0.25) is 0 Å². The van der Waals surface area contributed by atoms with Crippen LogP contribution in [0.1, 0.15) is 47.7 Å². The van der Waals surface area contributed by atoms with Crippen molar-refractivity contribution in [2.45, 2.75) is 31.6 Å². The van der Waals surface area contributed by atoms with Crippen LogP contribution < -0.4 is 0 Å². The standard InChI is InChI=1S/C19H19ClN2O3/c20-13-3-4-16-14(9-13)15(10-17(21-16)11-1-2-11)18(23)22-7-5-12(6-8-22)19(24)25/h3-4,9-12H,1-2,5-8H2,(H,24,25). The summed E-state index contributed by atoms with van der Waals surface area (Å²) in [5.74, 6) is -0.733. The van der Waals surface area contributed by atoms with E-state index in [1.807, 2.05) is 12.1 Å². The first-order valence-electron chi connectivity index (χ1n) is 8.65. The number of carbonyl (C=O) groups is 2. The van der Waals surface area contributed by atoms with E-state index < -0.39 is 5.97 Å². The Bertz CT molecular complexity index is 855. The Morgan fingerprint density at radius 1 is 1.12 bits per heavy atom. The summed E-state index contributed by atoms with van der Waals surface area (Å²) >= 11 is 6.13. The number of carbonyl (C=O) groups excluding carboxylic acids is 1. The Morgan fingerprint density at radius 3 is 2.48 bits per heavy atom. The minimum atomic E-state index is -0.774. The van der Waals surface area contributed by atoms with E-state index in [-0.39, 0.29) is 11.8 Å². The van der Waals surface area contributed by atoms with Gasteiger partial charge < -0.3 is 10.0 Å². The number of carboxylic acids is 1. The molecule has 2 heterocycles. The van der Waals surface area contributed by atoms with Crippen molar-refractivity contribution in [3.05, 3.63) is 40.5 Å². The Morgan fingerprint density at radius 2 is 1.84 bits per heavy atom. The number of nitrogens with zero attached hydrogens (tertiary/aromatic N) is 2. The Balaban J connectivity index is 1.68.